The molecule has 0 unspecified atom stereocenters. The molecule has 1 saturated carbocycles. The highest BCUT2D eigenvalue weighted by atomic mass is 16.8. The first kappa shape index (κ1) is 11.4. The number of nitrogens with one attached hydrogen (secondary N) is 1. The Hall–Kier alpha value is -1.39. The minimum absolute atomic E-state index is 0.0550. The fourth-order valence-electron chi connectivity index (χ4n) is 3.40. The molecule has 1 N–H and O–H groups in total. The molecule has 4 nitrogen and oxygen atoms in total. The standard InChI is InChI=1S/C15H17NO3/c17-14-15(10-6-4-5-7-11(10)16-14)18-12-8-2-1-3-9-13(12)19-15/h4-7,12-13H,1-3,8-9H2,(H,16,17)/t12-,13-/m1/s1. The third kappa shape index (κ3) is 1.56. The summed E-state index contributed by atoms with van der Waals surface area (Å²) in [5.41, 5.74) is 1.64. The Balaban J connectivity index is 1.74. The zero-order valence-electron chi connectivity index (χ0n) is 10.7. The van der Waals surface area contributed by atoms with Gasteiger partial charge in [0.2, 0.25) is 0 Å². The molecular formula is C15H17NO3. The summed E-state index contributed by atoms with van der Waals surface area (Å²) in [6.07, 6.45) is 5.63. The molecule has 2 fully saturated rings. The molecule has 0 bridgehead atoms. The van der Waals surface area contributed by atoms with Gasteiger partial charge in [0.05, 0.1) is 17.9 Å². The molecule has 1 aromatic carbocycles. The molecule has 3 aliphatic rings. The van der Waals surface area contributed by atoms with Crippen molar-refractivity contribution in [1.29, 1.82) is 0 Å². The molecule has 4 heteroatoms. The van der Waals surface area contributed by atoms with Crippen LogP contribution in [0, 0.1) is 0 Å². The van der Waals surface area contributed by atoms with Crippen LogP contribution in [0.3, 0.4) is 0 Å². The SMILES string of the molecule is O=C1Nc2ccccc2C12O[C@@H]1CCCCC[C@H]1O2. The Bertz CT molecular complexity index is 514. The van der Waals surface area contributed by atoms with E-state index in [-0.39, 0.29) is 18.1 Å². The van der Waals surface area contributed by atoms with Crippen LogP contribution in [0.2, 0.25) is 0 Å². The first-order chi connectivity index (χ1) is 9.29. The molecule has 1 saturated heterocycles. The molecule has 1 aromatic rings. The van der Waals surface area contributed by atoms with Crippen molar-refractivity contribution in [2.45, 2.75) is 50.1 Å². The number of hydrogen-bond donors (Lipinski definition) is 1. The van der Waals surface area contributed by atoms with Crippen molar-refractivity contribution in [1.82, 2.24) is 0 Å². The average molecular weight is 259 g/mol. The number of ether oxygens (including phenoxy) is 2. The van der Waals surface area contributed by atoms with Gasteiger partial charge in [-0.15, -0.1) is 0 Å². The van der Waals surface area contributed by atoms with Crippen molar-refractivity contribution in [2.75, 3.05) is 5.32 Å². The van der Waals surface area contributed by atoms with Crippen LogP contribution in [-0.4, -0.2) is 18.1 Å². The maximum atomic E-state index is 12.3. The molecule has 1 spiro atoms. The van der Waals surface area contributed by atoms with Gasteiger partial charge < -0.3 is 14.8 Å². The fourth-order valence-corrected chi connectivity index (χ4v) is 3.40. The van der Waals surface area contributed by atoms with Crippen LogP contribution < -0.4 is 5.32 Å². The molecule has 19 heavy (non-hydrogen) atoms. The van der Waals surface area contributed by atoms with Gasteiger partial charge in [-0.3, -0.25) is 4.79 Å². The van der Waals surface area contributed by atoms with Crippen LogP contribution in [0.25, 0.3) is 0 Å². The number of benzene rings is 1. The maximum Gasteiger partial charge on any atom is 0.289 e. The summed E-state index contributed by atoms with van der Waals surface area (Å²) < 4.78 is 12.2. The Morgan fingerprint density at radius 2 is 1.74 bits per heavy atom. The van der Waals surface area contributed by atoms with E-state index >= 15 is 0 Å². The van der Waals surface area contributed by atoms with Crippen LogP contribution in [0.15, 0.2) is 24.3 Å². The zero-order chi connectivity index (χ0) is 12.9. The lowest BCUT2D eigenvalue weighted by atomic mass is 10.1. The van der Waals surface area contributed by atoms with Crippen molar-refractivity contribution in [3.63, 3.8) is 0 Å². The van der Waals surface area contributed by atoms with Crippen LogP contribution in [-0.2, 0) is 20.1 Å². The van der Waals surface area contributed by atoms with E-state index in [0.717, 1.165) is 36.9 Å². The molecule has 2 heterocycles. The van der Waals surface area contributed by atoms with Crippen molar-refractivity contribution in [3.05, 3.63) is 29.8 Å². The Labute approximate surface area is 112 Å². The van der Waals surface area contributed by atoms with E-state index in [1.54, 1.807) is 0 Å². The molecule has 1 amide bonds. The van der Waals surface area contributed by atoms with Gasteiger partial charge in [0.15, 0.2) is 0 Å². The smallest absolute Gasteiger partial charge is 0.289 e. The molecule has 0 aromatic heterocycles. The third-order valence-electron chi connectivity index (χ3n) is 4.36. The lowest BCUT2D eigenvalue weighted by Crippen LogP contribution is -2.36. The van der Waals surface area contributed by atoms with Crippen molar-refractivity contribution >= 4 is 11.6 Å². The predicted molar refractivity (Wildman–Crippen MR) is 69.6 cm³/mol. The summed E-state index contributed by atoms with van der Waals surface area (Å²) in [4.78, 5) is 12.3. The highest BCUT2D eigenvalue weighted by Crippen LogP contribution is 2.48. The van der Waals surface area contributed by atoms with Crippen LogP contribution in [0.1, 0.15) is 37.7 Å². The molecule has 2 atom stereocenters. The number of anilines is 1. The summed E-state index contributed by atoms with van der Waals surface area (Å²) in [5.74, 6) is -1.37. The Morgan fingerprint density at radius 1 is 1.05 bits per heavy atom. The van der Waals surface area contributed by atoms with Gasteiger partial charge in [-0.2, -0.15) is 0 Å². The summed E-state index contributed by atoms with van der Waals surface area (Å²) >= 11 is 0. The van der Waals surface area contributed by atoms with Gasteiger partial charge in [-0.1, -0.05) is 37.5 Å². The van der Waals surface area contributed by atoms with Gasteiger partial charge in [0, 0.05) is 5.56 Å². The monoisotopic (exact) mass is 259 g/mol. The molecule has 0 radical (unpaired) electrons. The number of amides is 1. The van der Waals surface area contributed by atoms with Crippen molar-refractivity contribution in [2.24, 2.45) is 0 Å². The zero-order valence-corrected chi connectivity index (χ0v) is 10.7. The topological polar surface area (TPSA) is 47.6 Å². The molecule has 100 valence electrons. The van der Waals surface area contributed by atoms with Crippen LogP contribution >= 0.6 is 0 Å². The third-order valence-corrected chi connectivity index (χ3v) is 4.36. The van der Waals surface area contributed by atoms with Crippen molar-refractivity contribution < 1.29 is 14.3 Å². The highest BCUT2D eigenvalue weighted by molar-refractivity contribution is 6.04. The summed E-state index contributed by atoms with van der Waals surface area (Å²) in [7, 11) is 0. The number of carbonyl (C=O) groups is 1. The van der Waals surface area contributed by atoms with E-state index in [2.05, 4.69) is 5.32 Å². The van der Waals surface area contributed by atoms with Gasteiger partial charge in [-0.05, 0) is 18.9 Å². The number of carbonyl (C=O) groups excluding carboxylic acids is 1. The molecule has 2 aliphatic heterocycles. The van der Waals surface area contributed by atoms with E-state index in [1.807, 2.05) is 24.3 Å². The van der Waals surface area contributed by atoms with E-state index in [4.69, 9.17) is 9.47 Å². The molecule has 1 aliphatic carbocycles. The van der Waals surface area contributed by atoms with Gasteiger partial charge in [0.25, 0.3) is 11.7 Å². The molecule has 4 rings (SSSR count). The van der Waals surface area contributed by atoms with E-state index in [0.29, 0.717) is 0 Å². The number of fused-ring (bicyclic) bond motifs is 3. The maximum absolute atomic E-state index is 12.3. The first-order valence-electron chi connectivity index (χ1n) is 7.06. The van der Waals surface area contributed by atoms with Crippen LogP contribution in [0.5, 0.6) is 0 Å². The predicted octanol–water partition coefficient (Wildman–Crippen LogP) is 2.54. The summed E-state index contributed by atoms with van der Waals surface area (Å²) in [6.45, 7) is 0. The molecular weight excluding hydrogens is 242 g/mol. The minimum atomic E-state index is -1.19. The average Bonchev–Trinajstić information content (AvgIpc) is 2.82. The summed E-state index contributed by atoms with van der Waals surface area (Å²) in [5, 5.41) is 2.87. The lowest BCUT2D eigenvalue weighted by Gasteiger charge is -2.21. The minimum Gasteiger partial charge on any atom is -0.332 e. The first-order valence-corrected chi connectivity index (χ1v) is 7.06. The fraction of sp³-hybridized carbons (Fsp3) is 0.533. The lowest BCUT2D eigenvalue weighted by molar-refractivity contribution is -0.189. The Kier molecular flexibility index (Phi) is 2.44. The number of hydrogen-bond acceptors (Lipinski definition) is 3. The summed E-state index contributed by atoms with van der Waals surface area (Å²) in [6, 6.07) is 7.63. The van der Waals surface area contributed by atoms with E-state index < -0.39 is 5.79 Å². The quantitative estimate of drug-likeness (QED) is 0.779. The number of para-hydroxylation sites is 1. The highest BCUT2D eigenvalue weighted by Gasteiger charge is 2.58. The van der Waals surface area contributed by atoms with E-state index in [9.17, 15) is 4.79 Å². The van der Waals surface area contributed by atoms with Crippen molar-refractivity contribution in [3.8, 4) is 0 Å². The van der Waals surface area contributed by atoms with Gasteiger partial charge >= 0.3 is 0 Å². The van der Waals surface area contributed by atoms with E-state index in [1.165, 1.54) is 6.42 Å². The van der Waals surface area contributed by atoms with Gasteiger partial charge in [0.1, 0.15) is 0 Å². The van der Waals surface area contributed by atoms with Gasteiger partial charge in [-0.25, -0.2) is 0 Å². The number of rotatable bonds is 0. The largest absolute Gasteiger partial charge is 0.332 e. The second kappa shape index (κ2) is 4.05. The van der Waals surface area contributed by atoms with Crippen LogP contribution in [0.4, 0.5) is 5.69 Å². The second-order valence-electron chi connectivity index (χ2n) is 5.57. The normalized spacial score (nSPS) is 31.7. The second-order valence-corrected chi connectivity index (χ2v) is 5.57. The Morgan fingerprint density at radius 3 is 2.47 bits per heavy atom.